The summed E-state index contributed by atoms with van der Waals surface area (Å²) >= 11 is 5.60. The molecule has 0 aliphatic carbocycles. The van der Waals surface area contributed by atoms with Crippen molar-refractivity contribution in [1.82, 2.24) is 5.32 Å². The summed E-state index contributed by atoms with van der Waals surface area (Å²) in [4.78, 5) is 0. The van der Waals surface area contributed by atoms with E-state index < -0.39 is 0 Å². The molecule has 0 aliphatic heterocycles. The monoisotopic (exact) mass is 346 g/mol. The second-order valence-corrected chi connectivity index (χ2v) is 6.27. The zero-order valence-corrected chi connectivity index (χ0v) is 15.1. The summed E-state index contributed by atoms with van der Waals surface area (Å²) in [6.07, 6.45) is 0.965. The van der Waals surface area contributed by atoms with E-state index in [1.807, 2.05) is 18.2 Å². The molecule has 0 bridgehead atoms. The van der Waals surface area contributed by atoms with Gasteiger partial charge < -0.3 is 10.6 Å². The molecule has 3 rings (SSSR count). The lowest BCUT2D eigenvalue weighted by Crippen LogP contribution is -2.33. The average molecular weight is 346 g/mol. The summed E-state index contributed by atoms with van der Waals surface area (Å²) in [5, 5.41) is 7.45. The largest absolute Gasteiger partial charge is 0.352 e. The molecule has 0 radical (unpaired) electrons. The summed E-state index contributed by atoms with van der Waals surface area (Å²) in [6, 6.07) is 29.0. The van der Waals surface area contributed by atoms with E-state index in [1.54, 1.807) is 0 Å². The van der Waals surface area contributed by atoms with Crippen LogP contribution in [-0.2, 0) is 6.42 Å². The van der Waals surface area contributed by atoms with E-state index in [4.69, 9.17) is 12.2 Å². The van der Waals surface area contributed by atoms with Crippen LogP contribution >= 0.6 is 12.2 Å². The molecule has 0 saturated heterocycles. The van der Waals surface area contributed by atoms with Crippen LogP contribution in [0.3, 0.4) is 0 Å². The topological polar surface area (TPSA) is 24.1 Å². The van der Waals surface area contributed by atoms with E-state index in [0.717, 1.165) is 12.1 Å². The predicted octanol–water partition coefficient (Wildman–Crippen LogP) is 5.33. The van der Waals surface area contributed by atoms with Gasteiger partial charge in [0.15, 0.2) is 5.11 Å². The van der Waals surface area contributed by atoms with Crippen LogP contribution in [0.1, 0.15) is 29.7 Å². The molecule has 2 nitrogen and oxygen atoms in total. The van der Waals surface area contributed by atoms with Gasteiger partial charge in [0.2, 0.25) is 0 Å². The molecular weight excluding hydrogens is 324 g/mol. The highest BCUT2D eigenvalue weighted by Gasteiger charge is 2.15. The quantitative estimate of drug-likeness (QED) is 0.611. The smallest absolute Gasteiger partial charge is 0.171 e. The van der Waals surface area contributed by atoms with Gasteiger partial charge in [-0.15, -0.1) is 0 Å². The van der Waals surface area contributed by atoms with Crippen molar-refractivity contribution in [3.8, 4) is 0 Å². The third-order valence-electron chi connectivity index (χ3n) is 4.19. The van der Waals surface area contributed by atoms with Crippen molar-refractivity contribution in [3.05, 3.63) is 102 Å². The second-order valence-electron chi connectivity index (χ2n) is 5.86. The number of aryl methyl sites for hydroxylation is 1. The zero-order valence-electron chi connectivity index (χ0n) is 14.3. The number of rotatable bonds is 5. The minimum atomic E-state index is 0.0104. The van der Waals surface area contributed by atoms with Crippen molar-refractivity contribution in [2.45, 2.75) is 19.4 Å². The molecule has 3 aromatic carbocycles. The van der Waals surface area contributed by atoms with Crippen molar-refractivity contribution in [3.63, 3.8) is 0 Å². The van der Waals surface area contributed by atoms with Gasteiger partial charge in [0.05, 0.1) is 6.04 Å². The molecule has 0 aliphatic rings. The standard InChI is InChI=1S/C22H22N2S/c1-2-17-11-9-10-16-20(17)23-22(25)24-21(18-12-5-3-6-13-18)19-14-7-4-8-15-19/h3-16,21H,2H2,1H3,(H2,23,24,25). The lowest BCUT2D eigenvalue weighted by atomic mass is 9.99. The number of benzene rings is 3. The predicted molar refractivity (Wildman–Crippen MR) is 110 cm³/mol. The highest BCUT2D eigenvalue weighted by molar-refractivity contribution is 7.80. The second kappa shape index (κ2) is 8.45. The molecule has 25 heavy (non-hydrogen) atoms. The third-order valence-corrected chi connectivity index (χ3v) is 4.41. The first-order chi connectivity index (χ1) is 12.3. The van der Waals surface area contributed by atoms with Gasteiger partial charge in [0.1, 0.15) is 0 Å². The highest BCUT2D eigenvalue weighted by atomic mass is 32.1. The van der Waals surface area contributed by atoms with Gasteiger partial charge in [-0.1, -0.05) is 85.8 Å². The molecule has 126 valence electrons. The maximum absolute atomic E-state index is 5.60. The average Bonchev–Trinajstić information content (AvgIpc) is 2.68. The summed E-state index contributed by atoms with van der Waals surface area (Å²) in [5.41, 5.74) is 4.67. The van der Waals surface area contributed by atoms with Crippen molar-refractivity contribution in [2.24, 2.45) is 0 Å². The molecule has 3 aromatic rings. The lowest BCUT2D eigenvalue weighted by molar-refractivity contribution is 0.768. The molecule has 3 heteroatoms. The fourth-order valence-corrected chi connectivity index (χ4v) is 3.12. The summed E-state index contributed by atoms with van der Waals surface area (Å²) in [7, 11) is 0. The van der Waals surface area contributed by atoms with Crippen LogP contribution < -0.4 is 10.6 Å². The van der Waals surface area contributed by atoms with E-state index in [1.165, 1.54) is 16.7 Å². The van der Waals surface area contributed by atoms with E-state index in [0.29, 0.717) is 5.11 Å². The first kappa shape index (κ1) is 17.2. The fraction of sp³-hybridized carbons (Fsp3) is 0.136. The molecule has 0 atom stereocenters. The van der Waals surface area contributed by atoms with Crippen LogP contribution in [0.5, 0.6) is 0 Å². The molecule has 0 aromatic heterocycles. The van der Waals surface area contributed by atoms with Gasteiger partial charge in [-0.05, 0) is 41.4 Å². The molecule has 0 heterocycles. The summed E-state index contributed by atoms with van der Waals surface area (Å²) < 4.78 is 0. The van der Waals surface area contributed by atoms with Crippen LogP contribution in [-0.4, -0.2) is 5.11 Å². The first-order valence-corrected chi connectivity index (χ1v) is 8.94. The van der Waals surface area contributed by atoms with Crippen molar-refractivity contribution in [1.29, 1.82) is 0 Å². The number of nitrogens with one attached hydrogen (secondary N) is 2. The SMILES string of the molecule is CCc1ccccc1NC(=S)NC(c1ccccc1)c1ccccc1. The van der Waals surface area contributed by atoms with Gasteiger partial charge in [-0.25, -0.2) is 0 Å². The van der Waals surface area contributed by atoms with Crippen molar-refractivity contribution < 1.29 is 0 Å². The van der Waals surface area contributed by atoms with Gasteiger partial charge in [0, 0.05) is 5.69 Å². The Balaban J connectivity index is 1.82. The normalized spacial score (nSPS) is 10.5. The van der Waals surface area contributed by atoms with E-state index >= 15 is 0 Å². The van der Waals surface area contributed by atoms with Crippen molar-refractivity contribution >= 4 is 23.0 Å². The minimum absolute atomic E-state index is 0.0104. The van der Waals surface area contributed by atoms with E-state index in [2.05, 4.69) is 84.3 Å². The Morgan fingerprint density at radius 3 is 1.88 bits per heavy atom. The molecule has 0 amide bonds. The number of thiocarbonyl (C=S) groups is 1. The Bertz CT molecular complexity index is 776. The lowest BCUT2D eigenvalue weighted by Gasteiger charge is -2.22. The van der Waals surface area contributed by atoms with Gasteiger partial charge in [-0.3, -0.25) is 0 Å². The molecule has 0 spiro atoms. The number of hydrogen-bond acceptors (Lipinski definition) is 1. The van der Waals surface area contributed by atoms with Crippen LogP contribution in [0, 0.1) is 0 Å². The number of hydrogen-bond donors (Lipinski definition) is 2. The van der Waals surface area contributed by atoms with Gasteiger partial charge >= 0.3 is 0 Å². The van der Waals surface area contributed by atoms with E-state index in [-0.39, 0.29) is 6.04 Å². The van der Waals surface area contributed by atoms with Crippen LogP contribution in [0.25, 0.3) is 0 Å². The molecular formula is C22H22N2S. The summed E-state index contributed by atoms with van der Waals surface area (Å²) in [6.45, 7) is 2.15. The van der Waals surface area contributed by atoms with Gasteiger partial charge in [0.25, 0.3) is 0 Å². The van der Waals surface area contributed by atoms with Crippen molar-refractivity contribution in [2.75, 3.05) is 5.32 Å². The molecule has 0 unspecified atom stereocenters. The minimum Gasteiger partial charge on any atom is -0.352 e. The number of para-hydroxylation sites is 1. The molecule has 0 saturated carbocycles. The first-order valence-electron chi connectivity index (χ1n) is 8.53. The molecule has 0 fully saturated rings. The Hall–Kier alpha value is -2.65. The number of anilines is 1. The van der Waals surface area contributed by atoms with Crippen LogP contribution in [0.4, 0.5) is 5.69 Å². The fourth-order valence-electron chi connectivity index (χ4n) is 2.89. The Kier molecular flexibility index (Phi) is 5.81. The maximum atomic E-state index is 5.60. The Morgan fingerprint density at radius 2 is 1.32 bits per heavy atom. The third kappa shape index (κ3) is 4.46. The Morgan fingerprint density at radius 1 is 0.800 bits per heavy atom. The van der Waals surface area contributed by atoms with Crippen LogP contribution in [0.2, 0.25) is 0 Å². The van der Waals surface area contributed by atoms with E-state index in [9.17, 15) is 0 Å². The molecule has 2 N–H and O–H groups in total. The van der Waals surface area contributed by atoms with Crippen LogP contribution in [0.15, 0.2) is 84.9 Å². The summed E-state index contributed by atoms with van der Waals surface area (Å²) in [5.74, 6) is 0. The maximum Gasteiger partial charge on any atom is 0.171 e. The Labute approximate surface area is 154 Å². The highest BCUT2D eigenvalue weighted by Crippen LogP contribution is 2.22. The van der Waals surface area contributed by atoms with Gasteiger partial charge in [-0.2, -0.15) is 0 Å². The zero-order chi connectivity index (χ0) is 17.5.